The number of amides is 1. The third-order valence-corrected chi connectivity index (χ3v) is 4.61. The van der Waals surface area contributed by atoms with Gasteiger partial charge in [0.25, 0.3) is 0 Å². The lowest BCUT2D eigenvalue weighted by atomic mass is 9.85. The molecule has 0 N–H and O–H groups in total. The van der Waals surface area contributed by atoms with Crippen LogP contribution < -0.4 is 0 Å². The third kappa shape index (κ3) is 3.37. The molecular weight excluding hydrogens is 304 g/mol. The predicted molar refractivity (Wildman–Crippen MR) is 92.1 cm³/mol. The molecule has 3 rings (SSSR count). The molecule has 24 heavy (non-hydrogen) atoms. The maximum Gasteiger partial charge on any atom is 0.410 e. The molecular formula is C18H26N4O2. The number of hydrogen-bond donors (Lipinski definition) is 0. The fraction of sp³-hybridized carbons (Fsp3) is 0.611. The van der Waals surface area contributed by atoms with Crippen molar-refractivity contribution < 1.29 is 9.53 Å². The molecule has 0 aromatic carbocycles. The van der Waals surface area contributed by atoms with E-state index in [1.807, 2.05) is 30.2 Å². The highest BCUT2D eigenvalue weighted by Gasteiger charge is 2.33. The van der Waals surface area contributed by atoms with Gasteiger partial charge in [-0.2, -0.15) is 5.10 Å². The molecule has 6 nitrogen and oxygen atoms in total. The highest BCUT2D eigenvalue weighted by atomic mass is 16.6. The van der Waals surface area contributed by atoms with Crippen molar-refractivity contribution in [1.82, 2.24) is 19.5 Å². The van der Waals surface area contributed by atoms with E-state index in [-0.39, 0.29) is 12.1 Å². The van der Waals surface area contributed by atoms with Crippen LogP contribution in [0.25, 0.3) is 5.65 Å². The summed E-state index contributed by atoms with van der Waals surface area (Å²) in [4.78, 5) is 18.4. The summed E-state index contributed by atoms with van der Waals surface area (Å²) < 4.78 is 7.35. The fourth-order valence-corrected chi connectivity index (χ4v) is 3.45. The van der Waals surface area contributed by atoms with Gasteiger partial charge in [0.15, 0.2) is 5.65 Å². The number of rotatable bonds is 1. The number of likely N-dealkylation sites (tertiary alicyclic amines) is 1. The molecule has 1 fully saturated rings. The largest absolute Gasteiger partial charge is 0.444 e. The van der Waals surface area contributed by atoms with Crippen LogP contribution in [0.15, 0.2) is 18.6 Å². The van der Waals surface area contributed by atoms with Gasteiger partial charge in [-0.15, -0.1) is 0 Å². The number of aromatic nitrogens is 3. The second-order valence-electron chi connectivity index (χ2n) is 7.72. The van der Waals surface area contributed by atoms with E-state index in [1.54, 1.807) is 6.33 Å². The van der Waals surface area contributed by atoms with Gasteiger partial charge in [-0.25, -0.2) is 14.3 Å². The zero-order valence-electron chi connectivity index (χ0n) is 15.1. The third-order valence-electron chi connectivity index (χ3n) is 4.61. The summed E-state index contributed by atoms with van der Waals surface area (Å²) >= 11 is 0. The molecule has 130 valence electrons. The number of aryl methyl sites for hydroxylation is 1. The van der Waals surface area contributed by atoms with Gasteiger partial charge < -0.3 is 9.64 Å². The molecule has 6 heteroatoms. The average Bonchev–Trinajstić information content (AvgIpc) is 2.91. The van der Waals surface area contributed by atoms with Crippen molar-refractivity contribution in [1.29, 1.82) is 0 Å². The number of carbonyl (C=O) groups excluding carboxylic acids is 1. The predicted octanol–water partition coefficient (Wildman–Crippen LogP) is 3.54. The first-order valence-corrected chi connectivity index (χ1v) is 8.54. The summed E-state index contributed by atoms with van der Waals surface area (Å²) in [5, 5.41) is 4.24. The lowest BCUT2D eigenvalue weighted by Gasteiger charge is -2.38. The number of piperidine rings is 1. The maximum atomic E-state index is 12.4. The average molecular weight is 330 g/mol. The van der Waals surface area contributed by atoms with Gasteiger partial charge in [-0.05, 0) is 70.6 Å². The van der Waals surface area contributed by atoms with Crippen LogP contribution in [-0.2, 0) is 4.74 Å². The molecule has 0 bridgehead atoms. The Kier molecular flexibility index (Phi) is 4.24. The second-order valence-corrected chi connectivity index (χ2v) is 7.72. The van der Waals surface area contributed by atoms with E-state index < -0.39 is 5.60 Å². The van der Waals surface area contributed by atoms with Gasteiger partial charge >= 0.3 is 6.09 Å². The summed E-state index contributed by atoms with van der Waals surface area (Å²) in [5.41, 5.74) is 2.94. The number of ether oxygens (including phenoxy) is 1. The topological polar surface area (TPSA) is 59.7 Å². The van der Waals surface area contributed by atoms with E-state index in [9.17, 15) is 4.79 Å². The summed E-state index contributed by atoms with van der Waals surface area (Å²) in [7, 11) is 0. The Labute approximate surface area is 142 Å². The van der Waals surface area contributed by atoms with E-state index in [1.165, 1.54) is 11.1 Å². The van der Waals surface area contributed by atoms with Gasteiger partial charge in [0.05, 0.1) is 0 Å². The molecule has 1 aliphatic heterocycles. The molecule has 2 aromatic rings. The first kappa shape index (κ1) is 16.7. The number of pyridine rings is 1. The van der Waals surface area contributed by atoms with Crippen LogP contribution in [0, 0.1) is 6.92 Å². The molecule has 1 amide bonds. The zero-order valence-corrected chi connectivity index (χ0v) is 15.1. The number of fused-ring (bicyclic) bond motifs is 1. The van der Waals surface area contributed by atoms with Crippen molar-refractivity contribution in [3.05, 3.63) is 29.7 Å². The van der Waals surface area contributed by atoms with Crippen LogP contribution in [0.4, 0.5) is 4.79 Å². The Balaban J connectivity index is 1.74. The Hall–Kier alpha value is -2.11. The van der Waals surface area contributed by atoms with Gasteiger partial charge in [0, 0.05) is 18.8 Å². The smallest absolute Gasteiger partial charge is 0.410 e. The summed E-state index contributed by atoms with van der Waals surface area (Å²) in [6.07, 6.45) is 5.31. The van der Waals surface area contributed by atoms with Crippen LogP contribution in [0.1, 0.15) is 57.6 Å². The van der Waals surface area contributed by atoms with Crippen molar-refractivity contribution in [2.75, 3.05) is 6.54 Å². The van der Waals surface area contributed by atoms with Crippen LogP contribution in [0.5, 0.6) is 0 Å². The lowest BCUT2D eigenvalue weighted by molar-refractivity contribution is 0.0103. The van der Waals surface area contributed by atoms with Gasteiger partial charge in [0.1, 0.15) is 11.9 Å². The normalized spacial score (nSPS) is 22.0. The molecule has 1 saturated heterocycles. The highest BCUT2D eigenvalue weighted by Crippen LogP contribution is 2.34. The molecule has 0 spiro atoms. The molecule has 0 saturated carbocycles. The van der Waals surface area contributed by atoms with E-state index in [2.05, 4.69) is 36.2 Å². The summed E-state index contributed by atoms with van der Waals surface area (Å²) in [6.45, 7) is 10.6. The molecule has 2 unspecified atom stereocenters. The second kappa shape index (κ2) is 6.07. The molecule has 3 heterocycles. The van der Waals surface area contributed by atoms with Gasteiger partial charge in [0.2, 0.25) is 0 Å². The summed E-state index contributed by atoms with van der Waals surface area (Å²) in [5.74, 6) is 0.423. The Bertz CT molecular complexity index is 747. The van der Waals surface area contributed by atoms with Crippen molar-refractivity contribution in [2.45, 2.75) is 65.0 Å². The van der Waals surface area contributed by atoms with E-state index in [0.717, 1.165) is 25.0 Å². The SMILES string of the molecule is Cc1cc2ncnn2cc1C1CCN(C(=O)OC(C)(C)C)C(C)C1. The minimum Gasteiger partial charge on any atom is -0.444 e. The van der Waals surface area contributed by atoms with Crippen LogP contribution in [-0.4, -0.2) is 43.8 Å². The van der Waals surface area contributed by atoms with Crippen molar-refractivity contribution >= 4 is 11.7 Å². The molecule has 2 atom stereocenters. The van der Waals surface area contributed by atoms with Crippen LogP contribution in [0.3, 0.4) is 0 Å². The minimum absolute atomic E-state index is 0.157. The molecule has 1 aliphatic rings. The van der Waals surface area contributed by atoms with Gasteiger partial charge in [-0.3, -0.25) is 0 Å². The monoisotopic (exact) mass is 330 g/mol. The first-order chi connectivity index (χ1) is 11.2. The lowest BCUT2D eigenvalue weighted by Crippen LogP contribution is -2.46. The van der Waals surface area contributed by atoms with E-state index in [0.29, 0.717) is 5.92 Å². The molecule has 2 aromatic heterocycles. The Morgan fingerprint density at radius 2 is 2.12 bits per heavy atom. The quantitative estimate of drug-likeness (QED) is 0.802. The van der Waals surface area contributed by atoms with Crippen LogP contribution >= 0.6 is 0 Å². The highest BCUT2D eigenvalue weighted by molar-refractivity contribution is 5.68. The van der Waals surface area contributed by atoms with Crippen LogP contribution in [0.2, 0.25) is 0 Å². The minimum atomic E-state index is -0.456. The molecule has 0 aliphatic carbocycles. The Morgan fingerprint density at radius 3 is 2.79 bits per heavy atom. The number of nitrogens with zero attached hydrogens (tertiary/aromatic N) is 4. The fourth-order valence-electron chi connectivity index (χ4n) is 3.45. The Morgan fingerprint density at radius 1 is 1.38 bits per heavy atom. The van der Waals surface area contributed by atoms with E-state index in [4.69, 9.17) is 4.74 Å². The van der Waals surface area contributed by atoms with Crippen molar-refractivity contribution in [3.63, 3.8) is 0 Å². The summed E-state index contributed by atoms with van der Waals surface area (Å²) in [6, 6.07) is 2.23. The first-order valence-electron chi connectivity index (χ1n) is 8.54. The van der Waals surface area contributed by atoms with Gasteiger partial charge in [-0.1, -0.05) is 0 Å². The number of hydrogen-bond acceptors (Lipinski definition) is 4. The zero-order chi connectivity index (χ0) is 17.5. The molecule has 0 radical (unpaired) electrons. The van der Waals surface area contributed by atoms with E-state index >= 15 is 0 Å². The number of carbonyl (C=O) groups is 1. The standard InChI is InChI=1S/C18H26N4O2/c1-12-8-16-19-11-20-22(16)10-15(12)14-6-7-21(13(2)9-14)17(23)24-18(3,4)5/h8,10-11,13-14H,6-7,9H2,1-5H3. The van der Waals surface area contributed by atoms with Crippen molar-refractivity contribution in [2.24, 2.45) is 0 Å². The van der Waals surface area contributed by atoms with Crippen molar-refractivity contribution in [3.8, 4) is 0 Å². The maximum absolute atomic E-state index is 12.4.